The number of nitrogens with one attached hydrogen (secondary N) is 1. The molecule has 11 heteroatoms. The van der Waals surface area contributed by atoms with Crippen LogP contribution in [0.1, 0.15) is 316 Å². The predicted molar refractivity (Wildman–Crippen MR) is 334 cm³/mol. The van der Waals surface area contributed by atoms with E-state index in [1.807, 2.05) is 6.08 Å². The molecule has 1 heterocycles. The molecule has 0 aromatic rings. The molecule has 7 atom stereocenters. The average Bonchev–Trinajstić information content (AvgIpc) is 3.45. The minimum atomic E-state index is -1.57. The molecule has 1 rings (SSSR count). The van der Waals surface area contributed by atoms with E-state index in [4.69, 9.17) is 14.2 Å². The fraction of sp³-hybridized carbons (Fsp3) is 0.855. The molecule has 0 saturated carbocycles. The van der Waals surface area contributed by atoms with E-state index in [1.54, 1.807) is 6.08 Å². The van der Waals surface area contributed by atoms with Crippen LogP contribution >= 0.6 is 0 Å². The Bertz CT molecular complexity index is 1470. The molecule has 0 aromatic carbocycles. The number of aliphatic hydroxyl groups is 5. The van der Waals surface area contributed by atoms with Crippen LogP contribution in [0.25, 0.3) is 0 Å². The summed E-state index contributed by atoms with van der Waals surface area (Å²) in [4.78, 5) is 25.1. The maximum absolute atomic E-state index is 13.0. The molecule has 0 radical (unpaired) electrons. The van der Waals surface area contributed by atoms with Crippen LogP contribution in [0, 0.1) is 0 Å². The zero-order valence-corrected chi connectivity index (χ0v) is 51.8. The van der Waals surface area contributed by atoms with E-state index in [-0.39, 0.29) is 18.5 Å². The van der Waals surface area contributed by atoms with Gasteiger partial charge in [0.2, 0.25) is 5.91 Å². The lowest BCUT2D eigenvalue weighted by atomic mass is 9.99. The molecule has 7 unspecified atom stereocenters. The number of unbranched alkanes of at least 4 members (excludes halogenated alkanes) is 39. The minimum absolute atomic E-state index is 0.00255. The second-order valence-electron chi connectivity index (χ2n) is 23.5. The lowest BCUT2D eigenvalue weighted by Crippen LogP contribution is -2.60. The summed E-state index contributed by atoms with van der Waals surface area (Å²) in [7, 11) is 0. The van der Waals surface area contributed by atoms with Crippen LogP contribution in [0.4, 0.5) is 0 Å². The van der Waals surface area contributed by atoms with Crippen LogP contribution in [0.3, 0.4) is 0 Å². The molecule has 0 aromatic heterocycles. The Balaban J connectivity index is 1.94. The first-order valence-electron chi connectivity index (χ1n) is 33.9. The highest BCUT2D eigenvalue weighted by atomic mass is 16.7. The van der Waals surface area contributed by atoms with Crippen molar-refractivity contribution in [3.05, 3.63) is 48.6 Å². The van der Waals surface area contributed by atoms with Crippen molar-refractivity contribution in [3.63, 3.8) is 0 Å². The molecule has 1 aliphatic rings. The van der Waals surface area contributed by atoms with E-state index in [0.717, 1.165) is 70.6 Å². The molecular formula is C69H127NO10. The van der Waals surface area contributed by atoms with Gasteiger partial charge >= 0.3 is 5.97 Å². The Labute approximate surface area is 491 Å². The molecule has 6 N–H and O–H groups in total. The van der Waals surface area contributed by atoms with Crippen molar-refractivity contribution in [1.29, 1.82) is 0 Å². The third kappa shape index (κ3) is 47.0. The number of hydrogen-bond donors (Lipinski definition) is 6. The van der Waals surface area contributed by atoms with Gasteiger partial charge in [0.05, 0.1) is 32.0 Å². The van der Waals surface area contributed by atoms with Gasteiger partial charge < -0.3 is 45.1 Å². The highest BCUT2D eigenvalue weighted by Gasteiger charge is 2.44. The number of carbonyl (C=O) groups excluding carboxylic acids is 2. The SMILES string of the molecule is CCCCC/C=C\C/C=C\CCCCCCCCCCCC(=O)OCCCCCCCCCCCCCC/C=C\CCCCCCCCCCC(=O)NC(COC1OC(CO)C(O)C(O)C1O)C(O)/C=C/CCCCCCCCC. The molecule has 0 bridgehead atoms. The van der Waals surface area contributed by atoms with Gasteiger partial charge in [-0.25, -0.2) is 0 Å². The van der Waals surface area contributed by atoms with Gasteiger partial charge in [-0.2, -0.15) is 0 Å². The van der Waals surface area contributed by atoms with Gasteiger partial charge in [-0.05, 0) is 89.9 Å². The van der Waals surface area contributed by atoms with Gasteiger partial charge in [0.1, 0.15) is 24.4 Å². The molecule has 0 aliphatic carbocycles. The number of aliphatic hydroxyl groups excluding tert-OH is 5. The summed E-state index contributed by atoms with van der Waals surface area (Å²) in [5.74, 6) is -0.191. The van der Waals surface area contributed by atoms with Crippen molar-refractivity contribution in [3.8, 4) is 0 Å². The average molecular weight is 1130 g/mol. The molecule has 80 heavy (non-hydrogen) atoms. The number of rotatable bonds is 59. The number of esters is 1. The number of amides is 1. The largest absolute Gasteiger partial charge is 0.466 e. The van der Waals surface area contributed by atoms with Gasteiger partial charge in [0, 0.05) is 12.8 Å². The zero-order valence-electron chi connectivity index (χ0n) is 51.8. The Hall–Kier alpha value is -2.38. The molecular weight excluding hydrogens is 1000 g/mol. The minimum Gasteiger partial charge on any atom is -0.466 e. The van der Waals surface area contributed by atoms with E-state index in [9.17, 15) is 35.1 Å². The number of carbonyl (C=O) groups is 2. The topological polar surface area (TPSA) is 175 Å². The first kappa shape index (κ1) is 75.6. The Morgan fingerprint density at radius 3 is 1.30 bits per heavy atom. The Kier molecular flexibility index (Phi) is 55.2. The van der Waals surface area contributed by atoms with E-state index in [0.29, 0.717) is 19.4 Å². The third-order valence-electron chi connectivity index (χ3n) is 15.9. The second-order valence-corrected chi connectivity index (χ2v) is 23.5. The smallest absolute Gasteiger partial charge is 0.305 e. The standard InChI is InChI=1S/C69H127NO10/c1-3-5-7-9-11-13-14-15-16-17-24-28-31-34-37-41-45-49-53-57-65(74)78-58-54-50-46-42-38-35-32-29-26-23-21-19-18-20-22-25-27-30-33-36-40-44-48-52-56-64(73)70-61(62(72)55-51-47-43-39-12-10-8-6-4-2)60-79-69-68(77)67(76)66(75)63(59-71)80-69/h11,13,15-16,20,22,51,55,61-63,66-69,71-72,75-77H,3-10,12,14,17-19,21,23-50,52-54,56-60H2,1-2H3,(H,70,73)/b13-11-,16-15-,22-20-,55-51+. The normalized spacial score (nSPS) is 18.6. The number of ether oxygens (including phenoxy) is 3. The summed E-state index contributed by atoms with van der Waals surface area (Å²) in [6, 6.07) is -0.812. The number of allylic oxidation sites excluding steroid dienone is 7. The van der Waals surface area contributed by atoms with E-state index in [2.05, 4.69) is 55.6 Å². The van der Waals surface area contributed by atoms with Crippen molar-refractivity contribution in [2.45, 2.75) is 358 Å². The highest BCUT2D eigenvalue weighted by Crippen LogP contribution is 2.23. The van der Waals surface area contributed by atoms with Crippen LogP contribution in [0.15, 0.2) is 48.6 Å². The first-order valence-corrected chi connectivity index (χ1v) is 33.9. The molecule has 1 aliphatic heterocycles. The zero-order chi connectivity index (χ0) is 58.0. The van der Waals surface area contributed by atoms with Crippen LogP contribution in [-0.2, 0) is 23.8 Å². The lowest BCUT2D eigenvalue weighted by Gasteiger charge is -2.40. The summed E-state index contributed by atoms with van der Waals surface area (Å²) in [5.41, 5.74) is 0. The van der Waals surface area contributed by atoms with E-state index < -0.39 is 49.5 Å². The first-order chi connectivity index (χ1) is 39.2. The van der Waals surface area contributed by atoms with Gasteiger partial charge in [-0.1, -0.05) is 262 Å². The van der Waals surface area contributed by atoms with E-state index in [1.165, 1.54) is 218 Å². The van der Waals surface area contributed by atoms with Crippen LogP contribution < -0.4 is 5.32 Å². The van der Waals surface area contributed by atoms with Gasteiger partial charge in [-0.15, -0.1) is 0 Å². The Morgan fingerprint density at radius 2 is 0.838 bits per heavy atom. The van der Waals surface area contributed by atoms with Crippen LogP contribution in [0.2, 0.25) is 0 Å². The quantitative estimate of drug-likeness (QED) is 0.0195. The summed E-state index contributed by atoms with van der Waals surface area (Å²) in [6.45, 7) is 4.30. The molecule has 1 fully saturated rings. The molecule has 1 amide bonds. The molecule has 468 valence electrons. The maximum Gasteiger partial charge on any atom is 0.305 e. The van der Waals surface area contributed by atoms with Crippen LogP contribution in [-0.4, -0.2) is 100 Å². The summed E-state index contributed by atoms with van der Waals surface area (Å²) < 4.78 is 16.7. The second kappa shape index (κ2) is 58.4. The summed E-state index contributed by atoms with van der Waals surface area (Å²) in [6.07, 6.45) is 65.3. The summed E-state index contributed by atoms with van der Waals surface area (Å²) in [5, 5.41) is 54.3. The maximum atomic E-state index is 13.0. The van der Waals surface area contributed by atoms with Crippen molar-refractivity contribution in [1.82, 2.24) is 5.32 Å². The number of hydrogen-bond acceptors (Lipinski definition) is 10. The van der Waals surface area contributed by atoms with Crippen molar-refractivity contribution in [2.24, 2.45) is 0 Å². The predicted octanol–water partition coefficient (Wildman–Crippen LogP) is 16.8. The molecule has 1 saturated heterocycles. The molecule has 0 spiro atoms. The van der Waals surface area contributed by atoms with Gasteiger partial charge in [-0.3, -0.25) is 9.59 Å². The summed E-state index contributed by atoms with van der Waals surface area (Å²) >= 11 is 0. The lowest BCUT2D eigenvalue weighted by molar-refractivity contribution is -0.302. The van der Waals surface area contributed by atoms with Crippen molar-refractivity contribution < 1.29 is 49.3 Å². The fourth-order valence-electron chi connectivity index (χ4n) is 10.5. The fourth-order valence-corrected chi connectivity index (χ4v) is 10.5. The van der Waals surface area contributed by atoms with Crippen molar-refractivity contribution >= 4 is 11.9 Å². The van der Waals surface area contributed by atoms with Crippen molar-refractivity contribution in [2.75, 3.05) is 19.8 Å². The van der Waals surface area contributed by atoms with Gasteiger partial charge in [0.15, 0.2) is 6.29 Å². The third-order valence-corrected chi connectivity index (χ3v) is 15.9. The Morgan fingerprint density at radius 1 is 0.463 bits per heavy atom. The highest BCUT2D eigenvalue weighted by molar-refractivity contribution is 5.76. The van der Waals surface area contributed by atoms with E-state index >= 15 is 0 Å². The van der Waals surface area contributed by atoms with Crippen LogP contribution in [0.5, 0.6) is 0 Å². The van der Waals surface area contributed by atoms with Gasteiger partial charge in [0.25, 0.3) is 0 Å². The monoisotopic (exact) mass is 1130 g/mol. The molecule has 11 nitrogen and oxygen atoms in total.